The molecule has 0 aromatic heterocycles. The third-order valence-corrected chi connectivity index (χ3v) is 6.67. The lowest BCUT2D eigenvalue weighted by molar-refractivity contribution is -0.384. The third kappa shape index (κ3) is 8.09. The Hall–Kier alpha value is -4.33. The van der Waals surface area contributed by atoms with Crippen LogP contribution < -0.4 is 0 Å². The highest BCUT2D eigenvalue weighted by molar-refractivity contribution is 6.08. The minimum absolute atomic E-state index is 0.0143. The summed E-state index contributed by atoms with van der Waals surface area (Å²) in [5.74, 6) is -1.91. The van der Waals surface area contributed by atoms with Gasteiger partial charge in [0, 0.05) is 24.1 Å². The number of hydrogen-bond acceptors (Lipinski definition) is 7. The Morgan fingerprint density at radius 2 is 1.70 bits per heavy atom. The van der Waals surface area contributed by atoms with Crippen LogP contribution in [0.1, 0.15) is 58.4 Å². The van der Waals surface area contributed by atoms with Gasteiger partial charge in [0.2, 0.25) is 0 Å². The number of benzene rings is 1. The molecule has 0 atom stereocenters. The summed E-state index contributed by atoms with van der Waals surface area (Å²) in [6.07, 6.45) is 11.5. The van der Waals surface area contributed by atoms with Gasteiger partial charge < -0.3 is 9.47 Å². The highest BCUT2D eigenvalue weighted by atomic mass is 16.6. The SMILES string of the molecule is C=C/C=C(\C=C)CCCC(CC(=O)C1=C(C)C=C(c2ccc([N+](=O)[O-])cc2)C=CC1)(C(=O)OCC)C(=O)OCC. The van der Waals surface area contributed by atoms with Crippen LogP contribution in [0.4, 0.5) is 5.69 Å². The lowest BCUT2D eigenvalue weighted by Gasteiger charge is -2.29. The predicted molar refractivity (Wildman–Crippen MR) is 155 cm³/mol. The van der Waals surface area contributed by atoms with Gasteiger partial charge in [0.15, 0.2) is 11.2 Å². The van der Waals surface area contributed by atoms with Crippen LogP contribution in [0.2, 0.25) is 0 Å². The summed E-state index contributed by atoms with van der Waals surface area (Å²) in [6, 6.07) is 6.16. The minimum atomic E-state index is -1.79. The van der Waals surface area contributed by atoms with Crippen LogP contribution in [0.5, 0.6) is 0 Å². The fraction of sp³-hybridized carbons (Fsp3) is 0.344. The van der Waals surface area contributed by atoms with Crippen molar-refractivity contribution in [3.63, 3.8) is 0 Å². The van der Waals surface area contributed by atoms with Crippen molar-refractivity contribution in [2.24, 2.45) is 5.41 Å². The van der Waals surface area contributed by atoms with Crippen LogP contribution in [0.15, 0.2) is 90.6 Å². The van der Waals surface area contributed by atoms with Gasteiger partial charge in [-0.15, -0.1) is 0 Å². The Labute approximate surface area is 235 Å². The molecule has 0 fully saturated rings. The zero-order valence-electron chi connectivity index (χ0n) is 23.4. The molecule has 8 heteroatoms. The van der Waals surface area contributed by atoms with E-state index in [0.717, 1.165) is 16.7 Å². The number of carbonyl (C=O) groups is 3. The maximum absolute atomic E-state index is 13.8. The summed E-state index contributed by atoms with van der Waals surface area (Å²) >= 11 is 0. The number of ketones is 1. The van der Waals surface area contributed by atoms with Crippen LogP contribution in [0, 0.1) is 15.5 Å². The minimum Gasteiger partial charge on any atom is -0.465 e. The van der Waals surface area contributed by atoms with E-state index >= 15 is 0 Å². The molecule has 0 saturated carbocycles. The summed E-state index contributed by atoms with van der Waals surface area (Å²) in [5.41, 5.74) is 1.75. The summed E-state index contributed by atoms with van der Waals surface area (Å²) in [6.45, 7) is 12.7. The number of esters is 2. The van der Waals surface area contributed by atoms with Gasteiger partial charge in [0.05, 0.1) is 18.1 Å². The maximum atomic E-state index is 13.8. The summed E-state index contributed by atoms with van der Waals surface area (Å²) in [5, 5.41) is 11.0. The largest absolute Gasteiger partial charge is 0.465 e. The molecule has 0 saturated heterocycles. The van der Waals surface area contributed by atoms with Gasteiger partial charge in [-0.3, -0.25) is 24.5 Å². The zero-order valence-corrected chi connectivity index (χ0v) is 23.4. The van der Waals surface area contributed by atoms with E-state index in [0.29, 0.717) is 30.4 Å². The number of ether oxygens (including phenoxy) is 2. The first kappa shape index (κ1) is 31.9. The molecule has 40 heavy (non-hydrogen) atoms. The third-order valence-electron chi connectivity index (χ3n) is 6.67. The van der Waals surface area contributed by atoms with E-state index in [-0.39, 0.29) is 37.5 Å². The molecule has 1 aromatic carbocycles. The molecule has 8 nitrogen and oxygen atoms in total. The smallest absolute Gasteiger partial charge is 0.323 e. The van der Waals surface area contributed by atoms with Gasteiger partial charge in [0.25, 0.3) is 5.69 Å². The van der Waals surface area contributed by atoms with E-state index in [4.69, 9.17) is 9.47 Å². The fourth-order valence-corrected chi connectivity index (χ4v) is 4.56. The first-order valence-corrected chi connectivity index (χ1v) is 13.3. The Balaban J connectivity index is 2.45. The number of nitrogens with zero attached hydrogens (tertiary/aromatic N) is 1. The highest BCUT2D eigenvalue weighted by Gasteiger charge is 2.50. The lowest BCUT2D eigenvalue weighted by Crippen LogP contribution is -2.44. The average Bonchev–Trinajstić information content (AvgIpc) is 3.13. The molecule has 2 rings (SSSR count). The molecule has 212 valence electrons. The Morgan fingerprint density at radius 1 is 1.07 bits per heavy atom. The molecule has 0 heterocycles. The fourth-order valence-electron chi connectivity index (χ4n) is 4.56. The molecule has 1 aliphatic carbocycles. The van der Waals surface area contributed by atoms with Gasteiger partial charge in [-0.25, -0.2) is 0 Å². The van der Waals surface area contributed by atoms with Crippen LogP contribution in [-0.2, 0) is 23.9 Å². The van der Waals surface area contributed by atoms with Crippen molar-refractivity contribution in [3.05, 3.63) is 106 Å². The number of rotatable bonds is 15. The second kappa shape index (κ2) is 15.3. The Morgan fingerprint density at radius 3 is 2.23 bits per heavy atom. The van der Waals surface area contributed by atoms with Crippen molar-refractivity contribution < 1.29 is 28.8 Å². The summed E-state index contributed by atoms with van der Waals surface area (Å²) < 4.78 is 10.6. The van der Waals surface area contributed by atoms with E-state index in [9.17, 15) is 24.5 Å². The molecular weight excluding hydrogens is 510 g/mol. The molecule has 0 N–H and O–H groups in total. The van der Waals surface area contributed by atoms with E-state index < -0.39 is 22.3 Å². The number of non-ortho nitro benzene ring substituents is 1. The number of Topliss-reactive ketones (excluding diaryl/α,β-unsaturated/α-hetero) is 1. The summed E-state index contributed by atoms with van der Waals surface area (Å²) in [4.78, 5) is 50.9. The van der Waals surface area contributed by atoms with Gasteiger partial charge >= 0.3 is 11.9 Å². The molecule has 0 aliphatic heterocycles. The molecule has 0 radical (unpaired) electrons. The molecule has 0 amide bonds. The van der Waals surface area contributed by atoms with E-state index in [1.807, 2.05) is 18.2 Å². The topological polar surface area (TPSA) is 113 Å². The van der Waals surface area contributed by atoms with Crippen LogP contribution in [0.3, 0.4) is 0 Å². The highest BCUT2D eigenvalue weighted by Crippen LogP contribution is 2.36. The first-order chi connectivity index (χ1) is 19.1. The molecule has 1 aliphatic rings. The number of nitro benzene ring substituents is 1. The normalized spacial score (nSPS) is 13.7. The average molecular weight is 548 g/mol. The number of allylic oxidation sites excluding steroid dienone is 10. The quantitative estimate of drug-likeness (QED) is 0.0780. The molecule has 0 unspecified atom stereocenters. The zero-order chi connectivity index (χ0) is 29.7. The van der Waals surface area contributed by atoms with E-state index in [1.54, 1.807) is 51.1 Å². The Bertz CT molecular complexity index is 1240. The molecule has 1 aromatic rings. The first-order valence-electron chi connectivity index (χ1n) is 13.3. The van der Waals surface area contributed by atoms with Crippen LogP contribution in [0.25, 0.3) is 5.57 Å². The van der Waals surface area contributed by atoms with Gasteiger partial charge in [-0.2, -0.15) is 0 Å². The van der Waals surface area contributed by atoms with Gasteiger partial charge in [-0.1, -0.05) is 49.6 Å². The molecule has 0 bridgehead atoms. The number of carbonyl (C=O) groups excluding carboxylic acids is 3. The standard InChI is InChI=1S/C32H37NO7/c1-6-12-24(7-2)13-11-20-32(30(35)39-8-3,31(36)40-9-4)22-29(34)28-15-10-14-26(21-23(28)5)25-16-18-27(19-17-25)33(37)38/h6-7,10,12,14,16-19,21H,1-2,8-9,11,13,15,20,22H2,3-5H3/b24-12+. The lowest BCUT2D eigenvalue weighted by atomic mass is 9.76. The van der Waals surface area contributed by atoms with Crippen molar-refractivity contribution >= 4 is 29.0 Å². The van der Waals surface area contributed by atoms with Crippen molar-refractivity contribution in [1.29, 1.82) is 0 Å². The maximum Gasteiger partial charge on any atom is 0.323 e. The second-order valence-electron chi connectivity index (χ2n) is 9.33. The van der Waals surface area contributed by atoms with Crippen LogP contribution in [-0.4, -0.2) is 35.9 Å². The van der Waals surface area contributed by atoms with Gasteiger partial charge in [-0.05, 0) is 80.9 Å². The number of hydrogen-bond donors (Lipinski definition) is 0. The van der Waals surface area contributed by atoms with Crippen molar-refractivity contribution in [2.75, 3.05) is 13.2 Å². The van der Waals surface area contributed by atoms with Gasteiger partial charge in [0.1, 0.15) is 0 Å². The van der Waals surface area contributed by atoms with E-state index in [1.165, 1.54) is 12.1 Å². The molecular formula is C32H37NO7. The predicted octanol–water partition coefficient (Wildman–Crippen LogP) is 6.80. The monoisotopic (exact) mass is 547 g/mol. The van der Waals surface area contributed by atoms with Crippen molar-refractivity contribution in [3.8, 4) is 0 Å². The summed E-state index contributed by atoms with van der Waals surface area (Å²) in [7, 11) is 0. The van der Waals surface area contributed by atoms with Crippen LogP contribution >= 0.6 is 0 Å². The second-order valence-corrected chi connectivity index (χ2v) is 9.33. The van der Waals surface area contributed by atoms with E-state index in [2.05, 4.69) is 13.2 Å². The molecule has 0 spiro atoms. The van der Waals surface area contributed by atoms with Crippen molar-refractivity contribution in [2.45, 2.75) is 52.9 Å². The Kier molecular flexibility index (Phi) is 12.2. The van der Waals surface area contributed by atoms with Crippen molar-refractivity contribution in [1.82, 2.24) is 0 Å². The number of nitro groups is 1.